The molecule has 0 aliphatic heterocycles. The number of carbonyl (C=O) groups excluding carboxylic acids is 1. The molecule has 0 spiro atoms. The van der Waals surface area contributed by atoms with E-state index in [0.29, 0.717) is 16.5 Å². The number of nitrogens with zero attached hydrogens (tertiary/aromatic N) is 3. The van der Waals surface area contributed by atoms with Crippen molar-refractivity contribution in [2.45, 2.75) is 13.3 Å². The molecule has 0 saturated carbocycles. The number of nitrogens with one attached hydrogen (secondary N) is 2. The van der Waals surface area contributed by atoms with Gasteiger partial charge in [-0.25, -0.2) is 9.97 Å². The molecule has 0 atom stereocenters. The van der Waals surface area contributed by atoms with Crippen LogP contribution in [0.2, 0.25) is 0 Å². The highest BCUT2D eigenvalue weighted by molar-refractivity contribution is 7.13. The van der Waals surface area contributed by atoms with Crippen LogP contribution in [-0.2, 0) is 11.2 Å². The topological polar surface area (TPSA) is 79.8 Å². The number of thiazole rings is 1. The molecule has 0 fully saturated rings. The summed E-state index contributed by atoms with van der Waals surface area (Å²) in [5, 5.41) is 9.67. The zero-order valence-electron chi connectivity index (χ0n) is 14.6. The van der Waals surface area contributed by atoms with Crippen molar-refractivity contribution in [3.05, 3.63) is 71.5 Å². The van der Waals surface area contributed by atoms with Crippen LogP contribution in [0.4, 0.5) is 16.6 Å². The largest absolute Gasteiger partial charge is 0.324 e. The number of benzene rings is 1. The average Bonchev–Trinajstić information content (AvgIpc) is 3.08. The van der Waals surface area contributed by atoms with Crippen molar-refractivity contribution in [1.29, 1.82) is 0 Å². The summed E-state index contributed by atoms with van der Waals surface area (Å²) in [4.78, 5) is 25.6. The number of amides is 1. The van der Waals surface area contributed by atoms with Gasteiger partial charge in [0.2, 0.25) is 5.91 Å². The zero-order chi connectivity index (χ0) is 18.6. The number of aromatic nitrogens is 3. The molecule has 0 aliphatic rings. The molecule has 0 saturated heterocycles. The number of para-hydroxylation sites is 1. The Bertz CT molecular complexity index is 1100. The van der Waals surface area contributed by atoms with Crippen LogP contribution in [0.5, 0.6) is 0 Å². The fraction of sp³-hybridized carbons (Fsp3) is 0.100. The molecule has 6 nitrogen and oxygen atoms in total. The summed E-state index contributed by atoms with van der Waals surface area (Å²) in [6, 6.07) is 15.3. The molecule has 3 heterocycles. The van der Waals surface area contributed by atoms with Crippen LogP contribution < -0.4 is 10.6 Å². The van der Waals surface area contributed by atoms with E-state index < -0.39 is 0 Å². The van der Waals surface area contributed by atoms with Crippen LogP contribution in [-0.4, -0.2) is 20.9 Å². The Morgan fingerprint density at radius 2 is 1.93 bits per heavy atom. The Hall–Kier alpha value is -3.32. The third-order valence-corrected chi connectivity index (χ3v) is 4.73. The minimum absolute atomic E-state index is 0.126. The molecule has 0 bridgehead atoms. The molecule has 4 rings (SSSR count). The SMILES string of the molecule is Cc1cccc(Nc2nc(CC(=O)Nc3cccc4cccnc34)cs2)n1. The lowest BCUT2D eigenvalue weighted by Crippen LogP contribution is -2.15. The van der Waals surface area contributed by atoms with Gasteiger partial charge in [0.1, 0.15) is 5.82 Å². The van der Waals surface area contributed by atoms with Gasteiger partial charge in [0.05, 0.1) is 23.3 Å². The van der Waals surface area contributed by atoms with Crippen LogP contribution in [0.1, 0.15) is 11.4 Å². The van der Waals surface area contributed by atoms with E-state index in [9.17, 15) is 4.79 Å². The van der Waals surface area contributed by atoms with E-state index in [1.165, 1.54) is 11.3 Å². The molecule has 7 heteroatoms. The molecule has 0 unspecified atom stereocenters. The van der Waals surface area contributed by atoms with Gasteiger partial charge in [0.15, 0.2) is 5.13 Å². The van der Waals surface area contributed by atoms with Gasteiger partial charge in [-0.2, -0.15) is 0 Å². The molecular weight excluding hydrogens is 358 g/mol. The van der Waals surface area contributed by atoms with Gasteiger partial charge in [-0.15, -0.1) is 11.3 Å². The molecule has 134 valence electrons. The molecule has 4 aromatic rings. The fourth-order valence-corrected chi connectivity index (χ4v) is 3.45. The third kappa shape index (κ3) is 4.09. The highest BCUT2D eigenvalue weighted by atomic mass is 32.1. The van der Waals surface area contributed by atoms with Gasteiger partial charge in [-0.1, -0.05) is 24.3 Å². The number of hydrogen-bond acceptors (Lipinski definition) is 6. The molecule has 0 aliphatic carbocycles. The maximum atomic E-state index is 12.4. The van der Waals surface area contributed by atoms with Crippen molar-refractivity contribution < 1.29 is 4.79 Å². The van der Waals surface area contributed by atoms with Crippen molar-refractivity contribution in [2.75, 3.05) is 10.6 Å². The minimum Gasteiger partial charge on any atom is -0.324 e. The number of fused-ring (bicyclic) bond motifs is 1. The predicted octanol–water partition coefficient (Wildman–Crippen LogP) is 4.32. The van der Waals surface area contributed by atoms with E-state index >= 15 is 0 Å². The van der Waals surface area contributed by atoms with Gasteiger partial charge in [0, 0.05) is 22.7 Å². The highest BCUT2D eigenvalue weighted by Gasteiger charge is 2.10. The Balaban J connectivity index is 1.43. The summed E-state index contributed by atoms with van der Waals surface area (Å²) in [6.45, 7) is 1.94. The van der Waals surface area contributed by atoms with Gasteiger partial charge in [0.25, 0.3) is 0 Å². The van der Waals surface area contributed by atoms with Gasteiger partial charge in [-0.05, 0) is 31.2 Å². The summed E-state index contributed by atoms with van der Waals surface area (Å²) in [7, 11) is 0. The summed E-state index contributed by atoms with van der Waals surface area (Å²) in [5.74, 6) is 0.612. The first kappa shape index (κ1) is 17.1. The number of aryl methyl sites for hydroxylation is 1. The fourth-order valence-electron chi connectivity index (χ4n) is 2.73. The van der Waals surface area contributed by atoms with Gasteiger partial charge in [-0.3, -0.25) is 9.78 Å². The first-order valence-electron chi connectivity index (χ1n) is 8.46. The van der Waals surface area contributed by atoms with Crippen LogP contribution >= 0.6 is 11.3 Å². The lowest BCUT2D eigenvalue weighted by molar-refractivity contribution is -0.115. The number of hydrogen-bond donors (Lipinski definition) is 2. The molecule has 2 N–H and O–H groups in total. The first-order chi connectivity index (χ1) is 13.2. The Kier molecular flexibility index (Phi) is 4.76. The zero-order valence-corrected chi connectivity index (χ0v) is 15.5. The second kappa shape index (κ2) is 7.51. The van der Waals surface area contributed by atoms with Crippen LogP contribution in [0.15, 0.2) is 60.1 Å². The normalized spacial score (nSPS) is 10.7. The Labute approximate surface area is 160 Å². The standard InChI is InChI=1S/C20H17N5OS/c1-13-5-2-9-17(22-13)25-20-23-15(12-27-20)11-18(26)24-16-8-3-6-14-7-4-10-21-19(14)16/h2-10,12H,11H2,1H3,(H,24,26)(H,22,23,25). The van der Waals surface area contributed by atoms with Crippen LogP contribution in [0.3, 0.4) is 0 Å². The molecule has 0 radical (unpaired) electrons. The molecular formula is C20H17N5OS. The molecule has 3 aromatic heterocycles. The van der Waals surface area contributed by atoms with Crippen molar-refractivity contribution >= 4 is 44.8 Å². The maximum absolute atomic E-state index is 12.4. The maximum Gasteiger partial charge on any atom is 0.230 e. The van der Waals surface area contributed by atoms with E-state index in [0.717, 1.165) is 22.4 Å². The predicted molar refractivity (Wildman–Crippen MR) is 108 cm³/mol. The van der Waals surface area contributed by atoms with Crippen molar-refractivity contribution in [1.82, 2.24) is 15.0 Å². The second-order valence-corrected chi connectivity index (χ2v) is 6.90. The summed E-state index contributed by atoms with van der Waals surface area (Å²) < 4.78 is 0. The summed E-state index contributed by atoms with van der Waals surface area (Å²) in [6.07, 6.45) is 1.92. The van der Waals surface area contributed by atoms with E-state index in [1.54, 1.807) is 6.20 Å². The minimum atomic E-state index is -0.126. The third-order valence-electron chi connectivity index (χ3n) is 3.92. The number of pyridine rings is 2. The van der Waals surface area contributed by atoms with E-state index in [2.05, 4.69) is 25.6 Å². The van der Waals surface area contributed by atoms with Gasteiger partial charge < -0.3 is 10.6 Å². The lowest BCUT2D eigenvalue weighted by Gasteiger charge is -2.07. The second-order valence-electron chi connectivity index (χ2n) is 6.04. The molecule has 27 heavy (non-hydrogen) atoms. The van der Waals surface area contributed by atoms with Gasteiger partial charge >= 0.3 is 0 Å². The summed E-state index contributed by atoms with van der Waals surface area (Å²) >= 11 is 1.45. The van der Waals surface area contributed by atoms with E-state index in [4.69, 9.17) is 0 Å². The highest BCUT2D eigenvalue weighted by Crippen LogP contribution is 2.22. The number of rotatable bonds is 5. The van der Waals surface area contributed by atoms with E-state index in [1.807, 2.05) is 60.8 Å². The monoisotopic (exact) mass is 375 g/mol. The number of carbonyl (C=O) groups is 1. The molecule has 1 aromatic carbocycles. The Morgan fingerprint density at radius 1 is 1.07 bits per heavy atom. The van der Waals surface area contributed by atoms with Crippen molar-refractivity contribution in [3.8, 4) is 0 Å². The van der Waals surface area contributed by atoms with Crippen molar-refractivity contribution in [3.63, 3.8) is 0 Å². The smallest absolute Gasteiger partial charge is 0.230 e. The molecule has 1 amide bonds. The summed E-state index contributed by atoms with van der Waals surface area (Å²) in [5.41, 5.74) is 3.12. The Morgan fingerprint density at radius 3 is 2.81 bits per heavy atom. The average molecular weight is 375 g/mol. The van der Waals surface area contributed by atoms with Crippen molar-refractivity contribution in [2.24, 2.45) is 0 Å². The first-order valence-corrected chi connectivity index (χ1v) is 9.34. The van der Waals surface area contributed by atoms with E-state index in [-0.39, 0.29) is 12.3 Å². The number of anilines is 3. The van der Waals surface area contributed by atoms with Crippen LogP contribution in [0, 0.1) is 6.92 Å². The lowest BCUT2D eigenvalue weighted by atomic mass is 10.2. The quantitative estimate of drug-likeness (QED) is 0.543. The van der Waals surface area contributed by atoms with Crippen LogP contribution in [0.25, 0.3) is 10.9 Å².